The van der Waals surface area contributed by atoms with E-state index in [1.807, 2.05) is 24.3 Å². The number of unbranched alkanes of at least 4 members (excludes halogenated alkanes) is 5. The first kappa shape index (κ1) is 20.7. The van der Waals surface area contributed by atoms with Crippen molar-refractivity contribution in [3.8, 4) is 34.1 Å². The third kappa shape index (κ3) is 6.22. The quantitative estimate of drug-likeness (QED) is 0.337. The first-order valence-electron chi connectivity index (χ1n) is 10.6. The zero-order valence-electron chi connectivity index (χ0n) is 17.2. The Bertz CT molecular complexity index is 903. The molecule has 0 N–H and O–H groups in total. The number of nitrogens with zero attached hydrogens (tertiary/aromatic N) is 1. The second kappa shape index (κ2) is 11.1. The molecular weight excluding hydrogens is 354 g/mol. The summed E-state index contributed by atoms with van der Waals surface area (Å²) >= 11 is 0. The van der Waals surface area contributed by atoms with Crippen LogP contribution in [0.3, 0.4) is 0 Å². The zero-order valence-corrected chi connectivity index (χ0v) is 17.2. The Morgan fingerprint density at radius 1 is 0.621 bits per heavy atom. The lowest BCUT2D eigenvalue weighted by molar-refractivity contribution is 0.304. The summed E-state index contributed by atoms with van der Waals surface area (Å²) in [4.78, 5) is 0. The lowest BCUT2D eigenvalue weighted by atomic mass is 10.00. The van der Waals surface area contributed by atoms with E-state index in [1.54, 1.807) is 0 Å². The molecule has 0 saturated heterocycles. The van der Waals surface area contributed by atoms with Gasteiger partial charge in [-0.1, -0.05) is 87.6 Å². The molecule has 29 heavy (non-hydrogen) atoms. The molecule has 0 spiro atoms. The topological polar surface area (TPSA) is 33.0 Å². The third-order valence-electron chi connectivity index (χ3n) is 5.19. The summed E-state index contributed by atoms with van der Waals surface area (Å²) in [6.45, 7) is 3.04. The first-order chi connectivity index (χ1) is 14.3. The molecule has 3 rings (SSSR count). The van der Waals surface area contributed by atoms with Crippen LogP contribution in [0.2, 0.25) is 0 Å². The molecule has 148 valence electrons. The van der Waals surface area contributed by atoms with Crippen LogP contribution < -0.4 is 4.74 Å². The van der Waals surface area contributed by atoms with Gasteiger partial charge in [-0.3, -0.25) is 0 Å². The average molecular weight is 384 g/mol. The summed E-state index contributed by atoms with van der Waals surface area (Å²) in [5, 5.41) is 8.92. The molecule has 0 amide bonds. The van der Waals surface area contributed by atoms with E-state index in [0.29, 0.717) is 5.56 Å². The molecule has 2 nitrogen and oxygen atoms in total. The molecule has 0 atom stereocenters. The van der Waals surface area contributed by atoms with Crippen molar-refractivity contribution in [1.82, 2.24) is 0 Å². The Hall–Kier alpha value is -3.05. The molecule has 0 unspecified atom stereocenters. The summed E-state index contributed by atoms with van der Waals surface area (Å²) in [6.07, 6.45) is 7.67. The molecule has 0 aromatic heterocycles. The van der Waals surface area contributed by atoms with E-state index in [4.69, 9.17) is 10.00 Å². The lowest BCUT2D eigenvalue weighted by Gasteiger charge is -2.08. The van der Waals surface area contributed by atoms with Gasteiger partial charge in [-0.15, -0.1) is 0 Å². The van der Waals surface area contributed by atoms with Gasteiger partial charge in [0.05, 0.1) is 18.2 Å². The maximum Gasteiger partial charge on any atom is 0.119 e. The molecule has 0 aliphatic rings. The molecule has 0 aliphatic carbocycles. The lowest BCUT2D eigenvalue weighted by Crippen LogP contribution is -1.97. The molecule has 0 saturated carbocycles. The number of hydrogen-bond acceptors (Lipinski definition) is 2. The monoisotopic (exact) mass is 383 g/mol. The van der Waals surface area contributed by atoms with Crippen molar-refractivity contribution >= 4 is 0 Å². The van der Waals surface area contributed by atoms with Gasteiger partial charge in [-0.25, -0.2) is 0 Å². The van der Waals surface area contributed by atoms with Crippen molar-refractivity contribution in [3.63, 3.8) is 0 Å². The van der Waals surface area contributed by atoms with Crippen LogP contribution >= 0.6 is 0 Å². The van der Waals surface area contributed by atoms with Gasteiger partial charge in [-0.05, 0) is 52.9 Å². The molecule has 0 fully saturated rings. The second-order valence-corrected chi connectivity index (χ2v) is 7.41. The summed E-state index contributed by atoms with van der Waals surface area (Å²) < 4.78 is 5.88. The minimum absolute atomic E-state index is 0.684. The number of nitriles is 1. The molecular formula is C27H29NO. The first-order valence-corrected chi connectivity index (χ1v) is 10.6. The number of rotatable bonds is 10. The molecule has 3 aromatic rings. The number of hydrogen-bond donors (Lipinski definition) is 0. The van der Waals surface area contributed by atoms with Crippen LogP contribution in [0.4, 0.5) is 0 Å². The Balaban J connectivity index is 1.52. The largest absolute Gasteiger partial charge is 0.494 e. The fraction of sp³-hybridized carbons (Fsp3) is 0.296. The van der Waals surface area contributed by atoms with E-state index in [0.717, 1.165) is 29.9 Å². The SMILES string of the molecule is CCCCCCCCOc1ccc(-c2ccc(-c3ccc(C#N)cc3)cc2)cc1. The van der Waals surface area contributed by atoms with Gasteiger partial charge in [0.25, 0.3) is 0 Å². The fourth-order valence-electron chi connectivity index (χ4n) is 3.41. The van der Waals surface area contributed by atoms with Gasteiger partial charge in [0.15, 0.2) is 0 Å². The highest BCUT2D eigenvalue weighted by Gasteiger charge is 2.02. The number of ether oxygens (including phenoxy) is 1. The summed E-state index contributed by atoms with van der Waals surface area (Å²) in [5.74, 6) is 0.941. The zero-order chi connectivity index (χ0) is 20.3. The standard InChI is InChI=1S/C27H29NO/c1-2-3-4-5-6-7-20-29-27-18-16-26(17-19-27)25-14-12-24(13-15-25)23-10-8-22(21-28)9-11-23/h8-19H,2-7,20H2,1H3. The number of benzene rings is 3. The summed E-state index contributed by atoms with van der Waals surface area (Å²) in [7, 11) is 0. The van der Waals surface area contributed by atoms with Crippen LogP contribution in [0.1, 0.15) is 51.0 Å². The van der Waals surface area contributed by atoms with Gasteiger partial charge >= 0.3 is 0 Å². The Morgan fingerprint density at radius 3 is 1.59 bits per heavy atom. The van der Waals surface area contributed by atoms with Crippen LogP contribution in [0.5, 0.6) is 5.75 Å². The van der Waals surface area contributed by atoms with E-state index in [2.05, 4.69) is 61.5 Å². The van der Waals surface area contributed by atoms with Crippen molar-refractivity contribution in [3.05, 3.63) is 78.4 Å². The van der Waals surface area contributed by atoms with Crippen LogP contribution in [-0.2, 0) is 0 Å². The van der Waals surface area contributed by atoms with Gasteiger partial charge < -0.3 is 4.74 Å². The van der Waals surface area contributed by atoms with E-state index < -0.39 is 0 Å². The summed E-state index contributed by atoms with van der Waals surface area (Å²) in [6, 6.07) is 26.7. The van der Waals surface area contributed by atoms with E-state index >= 15 is 0 Å². The smallest absolute Gasteiger partial charge is 0.119 e. The Kier molecular flexibility index (Phi) is 7.90. The summed E-state index contributed by atoms with van der Waals surface area (Å²) in [5.41, 5.74) is 5.32. The minimum atomic E-state index is 0.684. The van der Waals surface area contributed by atoms with E-state index in [-0.39, 0.29) is 0 Å². The van der Waals surface area contributed by atoms with E-state index in [1.165, 1.54) is 43.2 Å². The van der Waals surface area contributed by atoms with Crippen molar-refractivity contribution < 1.29 is 4.74 Å². The van der Waals surface area contributed by atoms with Crippen LogP contribution in [0.15, 0.2) is 72.8 Å². The Labute approximate surface area is 174 Å². The highest BCUT2D eigenvalue weighted by Crippen LogP contribution is 2.26. The van der Waals surface area contributed by atoms with Gasteiger partial charge in [0, 0.05) is 0 Å². The van der Waals surface area contributed by atoms with Gasteiger partial charge in [-0.2, -0.15) is 5.26 Å². The van der Waals surface area contributed by atoms with Crippen LogP contribution in [-0.4, -0.2) is 6.61 Å². The minimum Gasteiger partial charge on any atom is -0.494 e. The second-order valence-electron chi connectivity index (χ2n) is 7.41. The highest BCUT2D eigenvalue weighted by atomic mass is 16.5. The Morgan fingerprint density at radius 2 is 1.07 bits per heavy atom. The fourth-order valence-corrected chi connectivity index (χ4v) is 3.41. The van der Waals surface area contributed by atoms with Crippen LogP contribution in [0.25, 0.3) is 22.3 Å². The molecule has 2 heteroatoms. The molecule has 0 aliphatic heterocycles. The molecule has 0 radical (unpaired) electrons. The normalized spacial score (nSPS) is 10.5. The third-order valence-corrected chi connectivity index (χ3v) is 5.19. The van der Waals surface area contributed by atoms with Crippen molar-refractivity contribution in [2.24, 2.45) is 0 Å². The maximum absolute atomic E-state index is 8.92. The maximum atomic E-state index is 8.92. The van der Waals surface area contributed by atoms with Crippen molar-refractivity contribution in [1.29, 1.82) is 5.26 Å². The van der Waals surface area contributed by atoms with Crippen LogP contribution in [0, 0.1) is 11.3 Å². The van der Waals surface area contributed by atoms with Gasteiger partial charge in [0.1, 0.15) is 5.75 Å². The average Bonchev–Trinajstić information content (AvgIpc) is 2.79. The van der Waals surface area contributed by atoms with Crippen molar-refractivity contribution in [2.75, 3.05) is 6.61 Å². The highest BCUT2D eigenvalue weighted by molar-refractivity contribution is 5.71. The van der Waals surface area contributed by atoms with Crippen molar-refractivity contribution in [2.45, 2.75) is 45.4 Å². The molecule has 0 heterocycles. The molecule has 0 bridgehead atoms. The molecule has 3 aromatic carbocycles. The predicted octanol–water partition coefficient (Wildman–Crippen LogP) is 7.63. The van der Waals surface area contributed by atoms with E-state index in [9.17, 15) is 0 Å². The van der Waals surface area contributed by atoms with Gasteiger partial charge in [0.2, 0.25) is 0 Å². The predicted molar refractivity (Wildman–Crippen MR) is 121 cm³/mol.